The van der Waals surface area contributed by atoms with Gasteiger partial charge in [-0.25, -0.2) is 4.79 Å². The number of carboxylic acids is 1. The van der Waals surface area contributed by atoms with Gasteiger partial charge in [0.2, 0.25) is 0 Å². The largest absolute Gasteiger partial charge is 0.480 e. The molecule has 0 aliphatic carbocycles. The number of carboxylic acid groups (broad SMARTS) is 1. The van der Waals surface area contributed by atoms with Crippen molar-refractivity contribution < 1.29 is 33.8 Å². The van der Waals surface area contributed by atoms with Gasteiger partial charge in [-0.15, -0.1) is 0 Å². The van der Waals surface area contributed by atoms with Crippen LogP contribution in [0.4, 0.5) is 4.79 Å². The molecule has 0 fully saturated rings. The third-order valence-corrected chi connectivity index (χ3v) is 5.36. The van der Waals surface area contributed by atoms with Gasteiger partial charge in [-0.3, -0.25) is 19.4 Å². The van der Waals surface area contributed by atoms with Crippen LogP contribution in [-0.4, -0.2) is 52.7 Å². The number of ether oxygens (including phenoxy) is 2. The van der Waals surface area contributed by atoms with Crippen LogP contribution in [0.2, 0.25) is 0 Å². The van der Waals surface area contributed by atoms with Crippen molar-refractivity contribution in [3.05, 3.63) is 66.0 Å². The highest BCUT2D eigenvalue weighted by molar-refractivity contribution is 6.04. The number of aromatic nitrogens is 1. The van der Waals surface area contributed by atoms with Gasteiger partial charge < -0.3 is 19.9 Å². The fourth-order valence-electron chi connectivity index (χ4n) is 3.58. The number of aliphatic carboxylic acids is 1. The van der Waals surface area contributed by atoms with Crippen LogP contribution in [0.25, 0.3) is 0 Å². The highest BCUT2D eigenvalue weighted by Gasteiger charge is 2.49. The molecule has 1 heterocycles. The summed E-state index contributed by atoms with van der Waals surface area (Å²) in [7, 11) is 1.08. The smallest absolute Gasteiger partial charge is 0.408 e. The fraction of sp³-hybridized carbons (Fsp3) is 0.423. The number of ketones is 1. The number of amides is 1. The van der Waals surface area contributed by atoms with Crippen LogP contribution in [0, 0.1) is 5.41 Å². The predicted molar refractivity (Wildman–Crippen MR) is 128 cm³/mol. The molecule has 2 aromatic rings. The number of rotatable bonds is 11. The molecule has 0 spiro atoms. The lowest BCUT2D eigenvalue weighted by Gasteiger charge is -2.28. The Morgan fingerprint density at radius 2 is 1.69 bits per heavy atom. The first-order valence-electron chi connectivity index (χ1n) is 11.2. The first kappa shape index (κ1) is 27.5. The molecule has 0 saturated heterocycles. The second kappa shape index (κ2) is 12.1. The van der Waals surface area contributed by atoms with Gasteiger partial charge in [-0.05, 0) is 57.7 Å². The zero-order valence-corrected chi connectivity index (χ0v) is 20.4. The van der Waals surface area contributed by atoms with Gasteiger partial charge in [0.15, 0.2) is 11.2 Å². The number of hydrogen-bond acceptors (Lipinski definition) is 7. The number of alkyl carbamates (subject to hydrolysis) is 1. The zero-order valence-electron chi connectivity index (χ0n) is 20.4. The molecule has 2 rings (SSSR count). The standard InChI is InChI=1S/C26H32N2O7/c1-25(2,3)35-24(33)28-20(16-18-10-6-5-7-11-18)21(29)17-26(22(30)31,23(32)34-4)14-13-19-12-8-9-15-27-19/h5-12,15,20H,13-14,16-17H2,1-4H3,(H,28,33)(H,30,31)/t20-,26?/m1/s1. The van der Waals surface area contributed by atoms with Crippen molar-refractivity contribution >= 4 is 23.8 Å². The summed E-state index contributed by atoms with van der Waals surface area (Å²) in [6, 6.07) is 13.0. The molecule has 0 aliphatic heterocycles. The van der Waals surface area contributed by atoms with Crippen molar-refractivity contribution in [1.29, 1.82) is 0 Å². The molecule has 1 aromatic heterocycles. The molecule has 1 unspecified atom stereocenters. The average molecular weight is 485 g/mol. The third kappa shape index (κ3) is 8.20. The molecule has 35 heavy (non-hydrogen) atoms. The molecule has 2 N–H and O–H groups in total. The molecule has 2 atom stereocenters. The van der Waals surface area contributed by atoms with Crippen LogP contribution in [-0.2, 0) is 36.7 Å². The highest BCUT2D eigenvalue weighted by atomic mass is 16.6. The number of aryl methyl sites for hydroxylation is 1. The highest BCUT2D eigenvalue weighted by Crippen LogP contribution is 2.32. The molecule has 0 aliphatic rings. The second-order valence-electron chi connectivity index (χ2n) is 9.23. The quantitative estimate of drug-likeness (QED) is 0.367. The number of carbonyl (C=O) groups excluding carboxylic acids is 3. The minimum Gasteiger partial charge on any atom is -0.480 e. The van der Waals surface area contributed by atoms with Crippen molar-refractivity contribution in [1.82, 2.24) is 10.3 Å². The lowest BCUT2D eigenvalue weighted by atomic mass is 9.76. The Kier molecular flexibility index (Phi) is 9.50. The van der Waals surface area contributed by atoms with E-state index < -0.39 is 47.3 Å². The first-order chi connectivity index (χ1) is 16.5. The van der Waals surface area contributed by atoms with Crippen molar-refractivity contribution in [2.24, 2.45) is 5.41 Å². The average Bonchev–Trinajstić information content (AvgIpc) is 2.80. The number of hydrogen-bond donors (Lipinski definition) is 2. The lowest BCUT2D eigenvalue weighted by Crippen LogP contribution is -2.49. The molecule has 1 amide bonds. The van der Waals surface area contributed by atoms with Crippen LogP contribution < -0.4 is 5.32 Å². The van der Waals surface area contributed by atoms with Crippen molar-refractivity contribution in [3.63, 3.8) is 0 Å². The van der Waals surface area contributed by atoms with Crippen LogP contribution in [0.1, 0.15) is 44.9 Å². The van der Waals surface area contributed by atoms with Crippen molar-refractivity contribution in [2.75, 3.05) is 7.11 Å². The van der Waals surface area contributed by atoms with Gasteiger partial charge in [0.25, 0.3) is 0 Å². The second-order valence-corrected chi connectivity index (χ2v) is 9.23. The summed E-state index contributed by atoms with van der Waals surface area (Å²) in [6.07, 6.45) is 0.0901. The van der Waals surface area contributed by atoms with E-state index in [1.54, 1.807) is 69.4 Å². The Morgan fingerprint density at radius 3 is 2.23 bits per heavy atom. The minimum atomic E-state index is -2.14. The van der Waals surface area contributed by atoms with Crippen LogP contribution in [0.15, 0.2) is 54.7 Å². The maximum atomic E-state index is 13.4. The van der Waals surface area contributed by atoms with Gasteiger partial charge in [-0.1, -0.05) is 36.4 Å². The Balaban J connectivity index is 2.34. The van der Waals surface area contributed by atoms with Gasteiger partial charge >= 0.3 is 18.0 Å². The monoisotopic (exact) mass is 484 g/mol. The zero-order chi connectivity index (χ0) is 26.1. The van der Waals surface area contributed by atoms with E-state index in [1.165, 1.54) is 0 Å². The van der Waals surface area contributed by atoms with Gasteiger partial charge in [0, 0.05) is 18.3 Å². The Hall–Kier alpha value is -3.75. The van der Waals surface area contributed by atoms with E-state index >= 15 is 0 Å². The van der Waals surface area contributed by atoms with E-state index in [-0.39, 0.29) is 19.3 Å². The predicted octanol–water partition coefficient (Wildman–Crippen LogP) is 3.35. The summed E-state index contributed by atoms with van der Waals surface area (Å²) < 4.78 is 10.1. The third-order valence-electron chi connectivity index (χ3n) is 5.36. The number of esters is 1. The van der Waals surface area contributed by atoms with Crippen LogP contribution in [0.5, 0.6) is 0 Å². The van der Waals surface area contributed by atoms with E-state index in [2.05, 4.69) is 10.3 Å². The van der Waals surface area contributed by atoms with Gasteiger partial charge in [0.05, 0.1) is 13.2 Å². The summed E-state index contributed by atoms with van der Waals surface area (Å²) in [5.74, 6) is -3.15. The maximum Gasteiger partial charge on any atom is 0.408 e. The first-order valence-corrected chi connectivity index (χ1v) is 11.2. The number of nitrogens with zero attached hydrogens (tertiary/aromatic N) is 1. The Morgan fingerprint density at radius 1 is 1.03 bits per heavy atom. The summed E-state index contributed by atoms with van der Waals surface area (Å²) in [5.41, 5.74) is -1.63. The van der Waals surface area contributed by atoms with Crippen molar-refractivity contribution in [3.8, 4) is 0 Å². The van der Waals surface area contributed by atoms with E-state index in [0.717, 1.165) is 12.7 Å². The minimum absolute atomic E-state index is 0.0933. The van der Waals surface area contributed by atoms with E-state index in [0.29, 0.717) is 5.69 Å². The maximum absolute atomic E-state index is 13.4. The fourth-order valence-corrected chi connectivity index (χ4v) is 3.58. The molecule has 0 saturated carbocycles. The molecule has 1 aromatic carbocycles. The van der Waals surface area contributed by atoms with Gasteiger partial charge in [-0.2, -0.15) is 0 Å². The lowest BCUT2D eigenvalue weighted by molar-refractivity contribution is -0.169. The number of methoxy groups -OCH3 is 1. The number of benzene rings is 1. The van der Waals surface area contributed by atoms with E-state index in [1.807, 2.05) is 6.07 Å². The Labute approximate surface area is 204 Å². The topological polar surface area (TPSA) is 132 Å². The molecular weight excluding hydrogens is 452 g/mol. The molecule has 188 valence electrons. The van der Waals surface area contributed by atoms with Crippen LogP contribution in [0.3, 0.4) is 0 Å². The molecule has 9 nitrogen and oxygen atoms in total. The molecular formula is C26H32N2O7. The van der Waals surface area contributed by atoms with Gasteiger partial charge in [0.1, 0.15) is 5.60 Å². The SMILES string of the molecule is COC(=O)C(CCc1ccccn1)(CC(=O)[C@@H](Cc1ccccc1)NC(=O)OC(C)(C)C)C(=O)O. The molecule has 0 radical (unpaired) electrons. The van der Waals surface area contributed by atoms with Crippen LogP contribution >= 0.6 is 0 Å². The number of pyridine rings is 1. The summed E-state index contributed by atoms with van der Waals surface area (Å²) in [5, 5.41) is 12.6. The summed E-state index contributed by atoms with van der Waals surface area (Å²) in [6.45, 7) is 5.06. The van der Waals surface area contributed by atoms with Crippen molar-refractivity contribution in [2.45, 2.75) is 58.1 Å². The number of Topliss-reactive ketones (excluding diaryl/α,β-unsaturated/α-hetero) is 1. The van der Waals surface area contributed by atoms with E-state index in [9.17, 15) is 24.3 Å². The molecule has 9 heteroatoms. The Bertz CT molecular complexity index is 1020. The molecule has 0 bridgehead atoms. The van der Waals surface area contributed by atoms with E-state index in [4.69, 9.17) is 9.47 Å². The summed E-state index contributed by atoms with van der Waals surface area (Å²) >= 11 is 0. The summed E-state index contributed by atoms with van der Waals surface area (Å²) in [4.78, 5) is 55.2. The normalized spacial score (nSPS) is 13.7. The number of nitrogens with one attached hydrogen (secondary N) is 1. The number of carbonyl (C=O) groups is 4.